The van der Waals surface area contributed by atoms with Crippen molar-refractivity contribution >= 4 is 0 Å². The molecule has 0 atom stereocenters. The first-order chi connectivity index (χ1) is 8.81. The second-order valence-corrected chi connectivity index (χ2v) is 3.90. The van der Waals surface area contributed by atoms with Crippen LogP contribution in [0.2, 0.25) is 0 Å². The summed E-state index contributed by atoms with van der Waals surface area (Å²) in [5.74, 6) is 2.00. The maximum absolute atomic E-state index is 8.88. The van der Waals surface area contributed by atoms with Crippen molar-refractivity contribution in [3.05, 3.63) is 53.5 Å². The highest BCUT2D eigenvalue weighted by molar-refractivity contribution is 5.28. The van der Waals surface area contributed by atoms with Gasteiger partial charge in [-0.15, -0.1) is 0 Å². The van der Waals surface area contributed by atoms with Gasteiger partial charge in [-0.2, -0.15) is 0 Å². The summed E-state index contributed by atoms with van der Waals surface area (Å²) in [6, 6.07) is 11.2. The standard InChI is InChI=1S/C14H16O4/c1-16-9-11-3-2-4-12(7-11)17-10-14-6-5-13(8-15)18-14/h2-7,15H,8-10H2,1H3. The zero-order valence-electron chi connectivity index (χ0n) is 10.3. The molecule has 96 valence electrons. The third-order valence-electron chi connectivity index (χ3n) is 2.46. The van der Waals surface area contributed by atoms with E-state index in [0.29, 0.717) is 24.7 Å². The van der Waals surface area contributed by atoms with E-state index < -0.39 is 0 Å². The van der Waals surface area contributed by atoms with Crippen molar-refractivity contribution < 1.29 is 19.0 Å². The van der Waals surface area contributed by atoms with Crippen LogP contribution >= 0.6 is 0 Å². The minimum absolute atomic E-state index is 0.0939. The first-order valence-corrected chi connectivity index (χ1v) is 5.71. The van der Waals surface area contributed by atoms with Crippen LogP contribution in [-0.4, -0.2) is 12.2 Å². The molecule has 1 aromatic heterocycles. The van der Waals surface area contributed by atoms with E-state index in [0.717, 1.165) is 11.3 Å². The van der Waals surface area contributed by atoms with Gasteiger partial charge in [-0.25, -0.2) is 0 Å². The van der Waals surface area contributed by atoms with Gasteiger partial charge >= 0.3 is 0 Å². The number of methoxy groups -OCH3 is 1. The summed E-state index contributed by atoms with van der Waals surface area (Å²) in [5.41, 5.74) is 1.06. The van der Waals surface area contributed by atoms with Crippen molar-refractivity contribution in [3.63, 3.8) is 0 Å². The van der Waals surface area contributed by atoms with Crippen molar-refractivity contribution in [2.24, 2.45) is 0 Å². The third kappa shape index (κ3) is 3.35. The first kappa shape index (κ1) is 12.7. The van der Waals surface area contributed by atoms with Crippen molar-refractivity contribution in [3.8, 4) is 5.75 Å². The largest absolute Gasteiger partial charge is 0.486 e. The van der Waals surface area contributed by atoms with Crippen LogP contribution in [0, 0.1) is 0 Å². The highest BCUT2D eigenvalue weighted by Gasteiger charge is 2.02. The monoisotopic (exact) mass is 248 g/mol. The van der Waals surface area contributed by atoms with E-state index in [2.05, 4.69) is 0 Å². The number of aliphatic hydroxyl groups is 1. The molecule has 1 N–H and O–H groups in total. The number of furan rings is 1. The highest BCUT2D eigenvalue weighted by Crippen LogP contribution is 2.16. The number of benzene rings is 1. The molecular formula is C14H16O4. The molecule has 0 unspecified atom stereocenters. The summed E-state index contributed by atoms with van der Waals surface area (Å²) >= 11 is 0. The van der Waals surface area contributed by atoms with Gasteiger partial charge in [0.2, 0.25) is 0 Å². The van der Waals surface area contributed by atoms with Gasteiger partial charge in [0.25, 0.3) is 0 Å². The second kappa shape index (κ2) is 6.23. The molecule has 2 aromatic rings. The Balaban J connectivity index is 1.94. The van der Waals surface area contributed by atoms with Gasteiger partial charge in [0.1, 0.15) is 30.5 Å². The molecule has 0 amide bonds. The summed E-state index contributed by atoms with van der Waals surface area (Å²) in [5, 5.41) is 8.88. The van der Waals surface area contributed by atoms with Gasteiger partial charge in [0.15, 0.2) is 0 Å². The van der Waals surface area contributed by atoms with E-state index in [1.165, 1.54) is 0 Å². The minimum Gasteiger partial charge on any atom is -0.486 e. The topological polar surface area (TPSA) is 51.8 Å². The van der Waals surface area contributed by atoms with E-state index in [-0.39, 0.29) is 6.61 Å². The molecule has 1 heterocycles. The summed E-state index contributed by atoms with van der Waals surface area (Å²) < 4.78 is 16.0. The van der Waals surface area contributed by atoms with Gasteiger partial charge in [-0.3, -0.25) is 0 Å². The SMILES string of the molecule is COCc1cccc(OCc2ccc(CO)o2)c1. The van der Waals surface area contributed by atoms with Crippen molar-refractivity contribution in [1.82, 2.24) is 0 Å². The molecule has 0 aliphatic carbocycles. The Morgan fingerprint density at radius 3 is 2.67 bits per heavy atom. The molecule has 4 nitrogen and oxygen atoms in total. The molecule has 0 radical (unpaired) electrons. The van der Waals surface area contributed by atoms with Crippen LogP contribution in [0.25, 0.3) is 0 Å². The predicted octanol–water partition coefficient (Wildman–Crippen LogP) is 2.50. The molecule has 2 rings (SSSR count). The van der Waals surface area contributed by atoms with E-state index in [1.807, 2.05) is 24.3 Å². The molecule has 0 aliphatic heterocycles. The first-order valence-electron chi connectivity index (χ1n) is 5.71. The Morgan fingerprint density at radius 2 is 1.94 bits per heavy atom. The van der Waals surface area contributed by atoms with Crippen LogP contribution in [-0.2, 0) is 24.6 Å². The molecule has 0 fully saturated rings. The van der Waals surface area contributed by atoms with Crippen LogP contribution in [0.15, 0.2) is 40.8 Å². The zero-order chi connectivity index (χ0) is 12.8. The molecule has 0 bridgehead atoms. The third-order valence-corrected chi connectivity index (χ3v) is 2.46. The van der Waals surface area contributed by atoms with Crippen LogP contribution < -0.4 is 4.74 Å². The molecule has 0 aliphatic rings. The molecule has 4 heteroatoms. The molecule has 0 spiro atoms. The lowest BCUT2D eigenvalue weighted by atomic mass is 10.2. The van der Waals surface area contributed by atoms with Crippen LogP contribution in [0.5, 0.6) is 5.75 Å². The Bertz CT molecular complexity index is 490. The Hall–Kier alpha value is -1.78. The average Bonchev–Trinajstić information content (AvgIpc) is 2.85. The van der Waals surface area contributed by atoms with E-state index >= 15 is 0 Å². The maximum Gasteiger partial charge on any atom is 0.146 e. The summed E-state index contributed by atoms with van der Waals surface area (Å²) in [7, 11) is 1.66. The number of ether oxygens (including phenoxy) is 2. The molecular weight excluding hydrogens is 232 g/mol. The quantitative estimate of drug-likeness (QED) is 0.853. The van der Waals surface area contributed by atoms with E-state index in [9.17, 15) is 0 Å². The smallest absolute Gasteiger partial charge is 0.146 e. The fraction of sp³-hybridized carbons (Fsp3) is 0.286. The number of aliphatic hydroxyl groups excluding tert-OH is 1. The molecule has 0 saturated heterocycles. The average molecular weight is 248 g/mol. The molecule has 18 heavy (non-hydrogen) atoms. The van der Waals surface area contributed by atoms with Gasteiger partial charge < -0.3 is 19.0 Å². The minimum atomic E-state index is -0.0939. The maximum atomic E-state index is 8.88. The van der Waals surface area contributed by atoms with Gasteiger partial charge in [0.05, 0.1) is 6.61 Å². The molecule has 1 aromatic carbocycles. The van der Waals surface area contributed by atoms with Crippen molar-refractivity contribution in [2.45, 2.75) is 19.8 Å². The predicted molar refractivity (Wildman–Crippen MR) is 66.1 cm³/mol. The van der Waals surface area contributed by atoms with Gasteiger partial charge in [-0.1, -0.05) is 12.1 Å². The van der Waals surface area contributed by atoms with E-state index in [4.69, 9.17) is 19.0 Å². The summed E-state index contributed by atoms with van der Waals surface area (Å²) in [4.78, 5) is 0. The molecule has 0 saturated carbocycles. The Labute approximate surface area is 106 Å². The fourth-order valence-electron chi connectivity index (χ4n) is 1.63. The zero-order valence-corrected chi connectivity index (χ0v) is 10.3. The Morgan fingerprint density at radius 1 is 1.11 bits per heavy atom. The summed E-state index contributed by atoms with van der Waals surface area (Å²) in [6.45, 7) is 0.812. The lowest BCUT2D eigenvalue weighted by Gasteiger charge is -2.06. The van der Waals surface area contributed by atoms with Crippen LogP contribution in [0.1, 0.15) is 17.1 Å². The van der Waals surface area contributed by atoms with Crippen LogP contribution in [0.4, 0.5) is 0 Å². The lowest BCUT2D eigenvalue weighted by molar-refractivity contribution is 0.184. The van der Waals surface area contributed by atoms with Gasteiger partial charge in [0, 0.05) is 7.11 Å². The number of hydrogen-bond acceptors (Lipinski definition) is 4. The van der Waals surface area contributed by atoms with Crippen LogP contribution in [0.3, 0.4) is 0 Å². The Kier molecular flexibility index (Phi) is 4.39. The van der Waals surface area contributed by atoms with Crippen molar-refractivity contribution in [2.75, 3.05) is 7.11 Å². The summed E-state index contributed by atoms with van der Waals surface area (Å²) in [6.07, 6.45) is 0. The highest BCUT2D eigenvalue weighted by atomic mass is 16.5. The number of rotatable bonds is 6. The van der Waals surface area contributed by atoms with Crippen molar-refractivity contribution in [1.29, 1.82) is 0 Å². The normalized spacial score (nSPS) is 10.6. The lowest BCUT2D eigenvalue weighted by Crippen LogP contribution is -1.95. The van der Waals surface area contributed by atoms with Gasteiger partial charge in [-0.05, 0) is 29.8 Å². The van der Waals surface area contributed by atoms with E-state index in [1.54, 1.807) is 19.2 Å². The number of hydrogen-bond donors (Lipinski definition) is 1. The second-order valence-electron chi connectivity index (χ2n) is 3.90. The fourth-order valence-corrected chi connectivity index (χ4v) is 1.63.